The van der Waals surface area contributed by atoms with Crippen molar-refractivity contribution in [1.82, 2.24) is 4.57 Å². The van der Waals surface area contributed by atoms with Gasteiger partial charge in [-0.25, -0.2) is 0 Å². The van der Waals surface area contributed by atoms with Crippen molar-refractivity contribution in [3.05, 3.63) is 36.0 Å². The number of hydrogen-bond donors (Lipinski definition) is 0. The molecule has 2 rings (SSSR count). The van der Waals surface area contributed by atoms with Gasteiger partial charge in [-0.2, -0.15) is 26.3 Å². The summed E-state index contributed by atoms with van der Waals surface area (Å²) in [6.07, 6.45) is -10.3. The first-order valence-corrected chi connectivity index (χ1v) is 5.36. The maximum atomic E-state index is 12.4. The fourth-order valence-corrected chi connectivity index (χ4v) is 1.82. The minimum atomic E-state index is -5.28. The van der Waals surface area contributed by atoms with Gasteiger partial charge < -0.3 is 0 Å². The molecule has 112 valence electrons. The highest BCUT2D eigenvalue weighted by atomic mass is 19.4. The highest BCUT2D eigenvalue weighted by Gasteiger charge is 2.44. The number of carbonyl (C=O) groups excluding carboxylic acids is 2. The molecule has 0 saturated carbocycles. The van der Waals surface area contributed by atoms with E-state index < -0.39 is 35.1 Å². The van der Waals surface area contributed by atoms with E-state index in [4.69, 9.17) is 0 Å². The first-order chi connectivity index (χ1) is 9.53. The monoisotopic (exact) mass is 309 g/mol. The number of Topliss-reactive ketones (excluding diaryl/α,β-unsaturated/α-hetero) is 1. The molecule has 0 atom stereocenters. The third kappa shape index (κ3) is 2.63. The van der Waals surface area contributed by atoms with Crippen LogP contribution in [0, 0.1) is 0 Å². The number of hydrogen-bond acceptors (Lipinski definition) is 2. The summed E-state index contributed by atoms with van der Waals surface area (Å²) in [5.74, 6) is -4.69. The number of nitrogens with zero attached hydrogens (tertiary/aromatic N) is 1. The summed E-state index contributed by atoms with van der Waals surface area (Å²) in [5, 5.41) is -0.377. The predicted octanol–water partition coefficient (Wildman–Crippen LogP) is 3.59. The second-order valence-corrected chi connectivity index (χ2v) is 4.06. The van der Waals surface area contributed by atoms with E-state index >= 15 is 0 Å². The van der Waals surface area contributed by atoms with Crippen molar-refractivity contribution in [2.45, 2.75) is 12.4 Å². The lowest BCUT2D eigenvalue weighted by Gasteiger charge is -2.06. The maximum Gasteiger partial charge on any atom is 0.472 e. The van der Waals surface area contributed by atoms with E-state index in [1.54, 1.807) is 0 Å². The van der Waals surface area contributed by atoms with E-state index in [0.29, 0.717) is 0 Å². The molecule has 0 aliphatic rings. The zero-order valence-electron chi connectivity index (χ0n) is 9.92. The molecule has 0 N–H and O–H groups in total. The SMILES string of the molecule is O=C(c1cn(C(=O)C(F)(F)F)c2ccccc12)C(F)(F)F. The van der Waals surface area contributed by atoms with Crippen LogP contribution in [0.3, 0.4) is 0 Å². The number of rotatable bonds is 1. The molecular formula is C12H5F6NO2. The average Bonchev–Trinajstić information content (AvgIpc) is 2.74. The Bertz CT molecular complexity index is 665. The number of fused-ring (bicyclic) bond motifs is 1. The van der Waals surface area contributed by atoms with Crippen LogP contribution in [-0.2, 0) is 0 Å². The standard InChI is InChI=1S/C12H5F6NO2/c13-11(14,15)9(20)7-5-19(10(21)12(16,17)18)8-4-2-1-3-6(7)8/h1-5H. The van der Waals surface area contributed by atoms with Crippen LogP contribution in [0.1, 0.15) is 15.2 Å². The van der Waals surface area contributed by atoms with Crippen LogP contribution in [0.2, 0.25) is 0 Å². The number of ketones is 1. The molecule has 21 heavy (non-hydrogen) atoms. The van der Waals surface area contributed by atoms with Gasteiger partial charge in [0.05, 0.1) is 11.1 Å². The molecule has 1 heterocycles. The Hall–Kier alpha value is -2.32. The van der Waals surface area contributed by atoms with Crippen molar-refractivity contribution < 1.29 is 35.9 Å². The Morgan fingerprint density at radius 3 is 2.00 bits per heavy atom. The first-order valence-electron chi connectivity index (χ1n) is 5.36. The summed E-state index contributed by atoms with van der Waals surface area (Å²) in [4.78, 5) is 22.4. The van der Waals surface area contributed by atoms with Crippen LogP contribution in [0.4, 0.5) is 26.3 Å². The molecule has 0 aliphatic carbocycles. The quantitative estimate of drug-likeness (QED) is 0.596. The van der Waals surface area contributed by atoms with Gasteiger partial charge in [0.25, 0.3) is 5.78 Å². The van der Waals surface area contributed by atoms with E-state index in [1.165, 1.54) is 12.1 Å². The third-order valence-corrected chi connectivity index (χ3v) is 2.68. The Balaban J connectivity index is 2.71. The highest BCUT2D eigenvalue weighted by molar-refractivity contribution is 6.12. The fraction of sp³-hybridized carbons (Fsp3) is 0.167. The summed E-state index contributed by atoms with van der Waals surface area (Å²) in [5.41, 5.74) is -1.43. The van der Waals surface area contributed by atoms with Crippen molar-refractivity contribution in [2.24, 2.45) is 0 Å². The summed E-state index contributed by atoms with van der Waals surface area (Å²) in [6, 6.07) is 4.54. The number of carbonyl (C=O) groups is 2. The molecule has 2 aromatic rings. The molecule has 0 bridgehead atoms. The highest BCUT2D eigenvalue weighted by Crippen LogP contribution is 2.30. The van der Waals surface area contributed by atoms with Gasteiger partial charge in [0, 0.05) is 11.6 Å². The van der Waals surface area contributed by atoms with E-state index in [1.807, 2.05) is 0 Å². The smallest absolute Gasteiger partial charge is 0.284 e. The minimum absolute atomic E-state index is 0.00565. The third-order valence-electron chi connectivity index (χ3n) is 2.68. The van der Waals surface area contributed by atoms with E-state index in [9.17, 15) is 35.9 Å². The number of aromatic nitrogens is 1. The molecule has 1 aromatic heterocycles. The Morgan fingerprint density at radius 1 is 0.905 bits per heavy atom. The molecule has 0 radical (unpaired) electrons. The lowest BCUT2D eigenvalue weighted by Crippen LogP contribution is -2.28. The normalized spacial score (nSPS) is 12.7. The molecule has 0 amide bonds. The summed E-state index contributed by atoms with van der Waals surface area (Å²) in [7, 11) is 0. The number of alkyl halides is 6. The number of benzene rings is 1. The van der Waals surface area contributed by atoms with Crippen LogP contribution in [0.5, 0.6) is 0 Å². The van der Waals surface area contributed by atoms with Crippen LogP contribution in [-0.4, -0.2) is 28.6 Å². The molecule has 3 nitrogen and oxygen atoms in total. The van der Waals surface area contributed by atoms with Gasteiger partial charge in [-0.05, 0) is 6.07 Å². The van der Waals surface area contributed by atoms with Crippen LogP contribution >= 0.6 is 0 Å². The van der Waals surface area contributed by atoms with E-state index in [0.717, 1.165) is 12.1 Å². The molecule has 1 aromatic carbocycles. The van der Waals surface area contributed by atoms with Gasteiger partial charge in [-0.15, -0.1) is 0 Å². The first kappa shape index (κ1) is 15.1. The van der Waals surface area contributed by atoms with Gasteiger partial charge in [0.1, 0.15) is 0 Å². The Kier molecular flexibility index (Phi) is 3.31. The Morgan fingerprint density at radius 2 is 1.48 bits per heavy atom. The van der Waals surface area contributed by atoms with E-state index in [-0.39, 0.29) is 16.2 Å². The zero-order chi connectivity index (χ0) is 16.0. The van der Waals surface area contributed by atoms with Gasteiger partial charge in [-0.1, -0.05) is 18.2 Å². The Labute approximate surface area is 112 Å². The van der Waals surface area contributed by atoms with Gasteiger partial charge >= 0.3 is 18.3 Å². The zero-order valence-corrected chi connectivity index (χ0v) is 9.92. The van der Waals surface area contributed by atoms with Gasteiger partial charge in [0.2, 0.25) is 0 Å². The van der Waals surface area contributed by atoms with E-state index in [2.05, 4.69) is 0 Å². The second-order valence-electron chi connectivity index (χ2n) is 4.06. The summed E-state index contributed by atoms with van der Waals surface area (Å²) in [6.45, 7) is 0. The van der Waals surface area contributed by atoms with Gasteiger partial charge in [-0.3, -0.25) is 14.2 Å². The topological polar surface area (TPSA) is 39.1 Å². The van der Waals surface area contributed by atoms with Crippen LogP contribution < -0.4 is 0 Å². The molecule has 0 spiro atoms. The van der Waals surface area contributed by atoms with Crippen molar-refractivity contribution in [1.29, 1.82) is 0 Å². The van der Waals surface area contributed by atoms with Crippen LogP contribution in [0.15, 0.2) is 30.5 Å². The number of para-hydroxylation sites is 1. The molecule has 0 fully saturated rings. The predicted molar refractivity (Wildman–Crippen MR) is 59.0 cm³/mol. The summed E-state index contributed by atoms with van der Waals surface area (Å²) < 4.78 is 74.6. The summed E-state index contributed by atoms with van der Waals surface area (Å²) >= 11 is 0. The molecule has 9 heteroatoms. The average molecular weight is 309 g/mol. The van der Waals surface area contributed by atoms with Crippen molar-refractivity contribution in [3.8, 4) is 0 Å². The lowest BCUT2D eigenvalue weighted by atomic mass is 10.1. The molecular weight excluding hydrogens is 304 g/mol. The van der Waals surface area contributed by atoms with Gasteiger partial charge in [0.15, 0.2) is 0 Å². The minimum Gasteiger partial charge on any atom is -0.284 e. The molecule has 0 aliphatic heterocycles. The second kappa shape index (κ2) is 4.61. The van der Waals surface area contributed by atoms with Crippen LogP contribution in [0.25, 0.3) is 10.9 Å². The fourth-order valence-electron chi connectivity index (χ4n) is 1.82. The lowest BCUT2D eigenvalue weighted by molar-refractivity contribution is -0.0943. The largest absolute Gasteiger partial charge is 0.472 e. The van der Waals surface area contributed by atoms with Crippen molar-refractivity contribution in [3.63, 3.8) is 0 Å². The molecule has 0 saturated heterocycles. The maximum absolute atomic E-state index is 12.4. The molecule has 0 unspecified atom stereocenters. The van der Waals surface area contributed by atoms with Crippen molar-refractivity contribution >= 4 is 22.6 Å². The number of halogens is 6. The van der Waals surface area contributed by atoms with Crippen molar-refractivity contribution in [2.75, 3.05) is 0 Å².